The summed E-state index contributed by atoms with van der Waals surface area (Å²) in [4.78, 5) is 0.417. The maximum atomic E-state index is 12.1. The standard InChI is InChI=1S/C13H21NO2S2/c1-4-9-18(15,16)13-8-6-5-7-12(13)14-10-11(2)17-3/h5-8,11,14H,4,9-10H2,1-3H3. The predicted octanol–water partition coefficient (Wildman–Crippen LogP) is 3.03. The quantitative estimate of drug-likeness (QED) is 0.837. The first kappa shape index (κ1) is 15.4. The van der Waals surface area contributed by atoms with Crippen LogP contribution >= 0.6 is 11.8 Å². The van der Waals surface area contributed by atoms with Crippen molar-refractivity contribution < 1.29 is 8.42 Å². The zero-order chi connectivity index (χ0) is 13.6. The maximum Gasteiger partial charge on any atom is 0.180 e. The van der Waals surface area contributed by atoms with Gasteiger partial charge < -0.3 is 5.32 Å². The summed E-state index contributed by atoms with van der Waals surface area (Å²) in [5.74, 6) is 0.198. The van der Waals surface area contributed by atoms with Crippen molar-refractivity contribution in [2.75, 3.05) is 23.9 Å². The smallest absolute Gasteiger partial charge is 0.180 e. The average Bonchev–Trinajstić information content (AvgIpc) is 2.36. The first-order valence-electron chi connectivity index (χ1n) is 6.09. The lowest BCUT2D eigenvalue weighted by molar-refractivity contribution is 0.595. The molecule has 1 N–H and O–H groups in total. The summed E-state index contributed by atoms with van der Waals surface area (Å²) in [6.45, 7) is 4.75. The summed E-state index contributed by atoms with van der Waals surface area (Å²) in [7, 11) is -3.16. The molecule has 0 heterocycles. The molecule has 1 aromatic rings. The molecule has 0 radical (unpaired) electrons. The summed E-state index contributed by atoms with van der Waals surface area (Å²) in [5.41, 5.74) is 0.715. The second-order valence-corrected chi connectivity index (χ2v) is 7.60. The highest BCUT2D eigenvalue weighted by molar-refractivity contribution is 7.99. The van der Waals surface area contributed by atoms with Crippen LogP contribution in [0.2, 0.25) is 0 Å². The lowest BCUT2D eigenvalue weighted by atomic mass is 10.3. The minimum absolute atomic E-state index is 0.198. The van der Waals surface area contributed by atoms with Crippen molar-refractivity contribution in [1.29, 1.82) is 0 Å². The van der Waals surface area contributed by atoms with E-state index in [1.807, 2.05) is 25.3 Å². The number of sulfone groups is 1. The molecule has 0 spiro atoms. The summed E-state index contributed by atoms with van der Waals surface area (Å²) >= 11 is 1.76. The van der Waals surface area contributed by atoms with Crippen LogP contribution in [0, 0.1) is 0 Å². The van der Waals surface area contributed by atoms with E-state index in [0.29, 0.717) is 22.3 Å². The molecule has 102 valence electrons. The van der Waals surface area contributed by atoms with Crippen LogP contribution in [0.15, 0.2) is 29.2 Å². The zero-order valence-corrected chi connectivity index (χ0v) is 12.8. The second kappa shape index (κ2) is 7.04. The highest BCUT2D eigenvalue weighted by Crippen LogP contribution is 2.23. The van der Waals surface area contributed by atoms with Crippen molar-refractivity contribution in [3.8, 4) is 0 Å². The fourth-order valence-electron chi connectivity index (χ4n) is 1.60. The first-order valence-corrected chi connectivity index (χ1v) is 9.03. The largest absolute Gasteiger partial charge is 0.383 e. The predicted molar refractivity (Wildman–Crippen MR) is 80.3 cm³/mol. The summed E-state index contributed by atoms with van der Waals surface area (Å²) in [6, 6.07) is 7.13. The van der Waals surface area contributed by atoms with Gasteiger partial charge in [0.1, 0.15) is 0 Å². The number of rotatable bonds is 7. The molecular weight excluding hydrogens is 266 g/mol. The van der Waals surface area contributed by atoms with Crippen molar-refractivity contribution in [3.05, 3.63) is 24.3 Å². The van der Waals surface area contributed by atoms with Gasteiger partial charge in [-0.15, -0.1) is 0 Å². The first-order chi connectivity index (χ1) is 8.51. The Hall–Kier alpha value is -0.680. The van der Waals surface area contributed by atoms with Crippen molar-refractivity contribution in [1.82, 2.24) is 0 Å². The molecule has 1 atom stereocenters. The third-order valence-corrected chi connectivity index (χ3v) is 5.62. The molecule has 0 aliphatic heterocycles. The molecule has 1 unspecified atom stereocenters. The molecule has 3 nitrogen and oxygen atoms in total. The Morgan fingerprint density at radius 3 is 2.61 bits per heavy atom. The van der Waals surface area contributed by atoms with E-state index in [0.717, 1.165) is 6.54 Å². The Morgan fingerprint density at radius 1 is 1.33 bits per heavy atom. The van der Waals surface area contributed by atoms with Gasteiger partial charge in [0.2, 0.25) is 0 Å². The van der Waals surface area contributed by atoms with E-state index < -0.39 is 9.84 Å². The lowest BCUT2D eigenvalue weighted by Crippen LogP contribution is -2.16. The van der Waals surface area contributed by atoms with E-state index in [1.165, 1.54) is 0 Å². The number of hydrogen-bond donors (Lipinski definition) is 1. The number of para-hydroxylation sites is 1. The van der Waals surface area contributed by atoms with E-state index in [2.05, 4.69) is 12.2 Å². The molecule has 1 aromatic carbocycles. The van der Waals surface area contributed by atoms with Crippen LogP contribution in [0.5, 0.6) is 0 Å². The van der Waals surface area contributed by atoms with Gasteiger partial charge in [-0.3, -0.25) is 0 Å². The van der Waals surface area contributed by atoms with Gasteiger partial charge in [-0.05, 0) is 24.8 Å². The average molecular weight is 287 g/mol. The molecule has 18 heavy (non-hydrogen) atoms. The number of hydrogen-bond acceptors (Lipinski definition) is 4. The van der Waals surface area contributed by atoms with Crippen LogP contribution in [0.1, 0.15) is 20.3 Å². The SMILES string of the molecule is CCCS(=O)(=O)c1ccccc1NCC(C)SC. The minimum atomic E-state index is -3.16. The normalized spacial score (nSPS) is 13.3. The number of anilines is 1. The third kappa shape index (κ3) is 4.21. The molecule has 0 saturated heterocycles. The van der Waals surface area contributed by atoms with Gasteiger partial charge in [-0.1, -0.05) is 26.0 Å². The maximum absolute atomic E-state index is 12.1. The van der Waals surface area contributed by atoms with Gasteiger partial charge in [-0.25, -0.2) is 8.42 Å². The third-order valence-electron chi connectivity index (χ3n) is 2.68. The summed E-state index contributed by atoms with van der Waals surface area (Å²) in [5, 5.41) is 3.68. The minimum Gasteiger partial charge on any atom is -0.383 e. The molecule has 0 fully saturated rings. The van der Waals surface area contributed by atoms with E-state index >= 15 is 0 Å². The van der Waals surface area contributed by atoms with E-state index in [-0.39, 0.29) is 5.75 Å². The van der Waals surface area contributed by atoms with Gasteiger partial charge in [0.25, 0.3) is 0 Å². The number of nitrogens with one attached hydrogen (secondary N) is 1. The second-order valence-electron chi connectivity index (χ2n) is 4.24. The van der Waals surface area contributed by atoms with Crippen LogP contribution in [0.3, 0.4) is 0 Å². The molecular formula is C13H21NO2S2. The summed E-state index contributed by atoms with van der Waals surface area (Å²) in [6.07, 6.45) is 2.68. The van der Waals surface area contributed by atoms with Crippen LogP contribution in [0.25, 0.3) is 0 Å². The molecule has 0 bridgehead atoms. The molecule has 0 aliphatic rings. The topological polar surface area (TPSA) is 46.2 Å². The van der Waals surface area contributed by atoms with E-state index in [1.54, 1.807) is 23.9 Å². The fraction of sp³-hybridized carbons (Fsp3) is 0.538. The van der Waals surface area contributed by atoms with Crippen LogP contribution < -0.4 is 5.32 Å². The number of benzene rings is 1. The van der Waals surface area contributed by atoms with Crippen LogP contribution in [-0.2, 0) is 9.84 Å². The monoisotopic (exact) mass is 287 g/mol. The zero-order valence-electron chi connectivity index (χ0n) is 11.1. The Balaban J connectivity index is 2.93. The van der Waals surface area contributed by atoms with Crippen molar-refractivity contribution >= 4 is 27.3 Å². The van der Waals surface area contributed by atoms with Crippen LogP contribution in [-0.4, -0.2) is 32.2 Å². The Labute approximate surface area is 114 Å². The number of thioether (sulfide) groups is 1. The summed E-state index contributed by atoms with van der Waals surface area (Å²) < 4.78 is 24.2. The Morgan fingerprint density at radius 2 is 2.00 bits per heavy atom. The Kier molecular flexibility index (Phi) is 6.02. The highest BCUT2D eigenvalue weighted by Gasteiger charge is 2.17. The van der Waals surface area contributed by atoms with Gasteiger partial charge in [0, 0.05) is 11.8 Å². The van der Waals surface area contributed by atoms with E-state index in [4.69, 9.17) is 0 Å². The van der Waals surface area contributed by atoms with Gasteiger partial charge in [-0.2, -0.15) is 11.8 Å². The molecule has 0 aliphatic carbocycles. The van der Waals surface area contributed by atoms with Crippen molar-refractivity contribution in [2.24, 2.45) is 0 Å². The molecule has 0 amide bonds. The van der Waals surface area contributed by atoms with Gasteiger partial charge in [0.05, 0.1) is 16.3 Å². The van der Waals surface area contributed by atoms with Gasteiger partial charge >= 0.3 is 0 Å². The Bertz CT molecular complexity index is 472. The fourth-order valence-corrected chi connectivity index (χ4v) is 3.37. The lowest BCUT2D eigenvalue weighted by Gasteiger charge is -2.14. The molecule has 1 rings (SSSR count). The van der Waals surface area contributed by atoms with Crippen LogP contribution in [0.4, 0.5) is 5.69 Å². The molecule has 0 aromatic heterocycles. The molecule has 5 heteroatoms. The highest BCUT2D eigenvalue weighted by atomic mass is 32.2. The van der Waals surface area contributed by atoms with E-state index in [9.17, 15) is 8.42 Å². The van der Waals surface area contributed by atoms with Crippen molar-refractivity contribution in [2.45, 2.75) is 30.4 Å². The molecule has 0 saturated carbocycles. The van der Waals surface area contributed by atoms with Gasteiger partial charge in [0.15, 0.2) is 9.84 Å². The van der Waals surface area contributed by atoms with Crippen molar-refractivity contribution in [3.63, 3.8) is 0 Å².